The van der Waals surface area contributed by atoms with Gasteiger partial charge in [-0.1, -0.05) is 0 Å². The molecule has 2 aromatic heterocycles. The van der Waals surface area contributed by atoms with Gasteiger partial charge in [0.15, 0.2) is 0 Å². The number of ether oxygens (including phenoxy) is 1. The van der Waals surface area contributed by atoms with Crippen LogP contribution in [0.4, 0.5) is 5.82 Å². The average Bonchev–Trinajstić information content (AvgIpc) is 2.75. The van der Waals surface area contributed by atoms with Gasteiger partial charge < -0.3 is 10.5 Å². The van der Waals surface area contributed by atoms with Crippen molar-refractivity contribution in [1.82, 2.24) is 19.7 Å². The van der Waals surface area contributed by atoms with Gasteiger partial charge in [0, 0.05) is 36.0 Å². The van der Waals surface area contributed by atoms with Gasteiger partial charge in [-0.15, -0.1) is 5.10 Å². The van der Waals surface area contributed by atoms with E-state index < -0.39 is 0 Å². The Morgan fingerprint density at radius 1 is 1.29 bits per heavy atom. The van der Waals surface area contributed by atoms with Crippen LogP contribution < -0.4 is 10.5 Å². The summed E-state index contributed by atoms with van der Waals surface area (Å²) in [5, 5.41) is 4.51. The molecule has 2 N–H and O–H groups in total. The molecule has 0 atom stereocenters. The highest BCUT2D eigenvalue weighted by Gasteiger charge is 2.14. The van der Waals surface area contributed by atoms with E-state index in [1.807, 2.05) is 31.5 Å². The molecule has 0 spiro atoms. The van der Waals surface area contributed by atoms with Gasteiger partial charge in [-0.25, -0.2) is 9.97 Å². The van der Waals surface area contributed by atoms with Gasteiger partial charge in [0.05, 0.1) is 6.10 Å². The van der Waals surface area contributed by atoms with Crippen LogP contribution in [0, 0.1) is 6.92 Å². The molecule has 6 heteroatoms. The van der Waals surface area contributed by atoms with Crippen molar-refractivity contribution >= 4 is 5.82 Å². The molecule has 0 aliphatic rings. The lowest BCUT2D eigenvalue weighted by Crippen LogP contribution is -2.10. The van der Waals surface area contributed by atoms with Crippen LogP contribution in [0.1, 0.15) is 50.8 Å². The summed E-state index contributed by atoms with van der Waals surface area (Å²) >= 11 is 0. The monoisotopic (exact) mass is 289 g/mol. The van der Waals surface area contributed by atoms with Crippen LogP contribution in [0.25, 0.3) is 0 Å². The van der Waals surface area contributed by atoms with E-state index in [2.05, 4.69) is 28.9 Å². The topological polar surface area (TPSA) is 78.9 Å². The van der Waals surface area contributed by atoms with E-state index in [-0.39, 0.29) is 12.1 Å². The number of hydrogen-bond acceptors (Lipinski definition) is 5. The molecule has 0 aromatic carbocycles. The number of aryl methyl sites for hydroxylation is 1. The molecular weight excluding hydrogens is 266 g/mol. The van der Waals surface area contributed by atoms with Crippen molar-refractivity contribution in [3.63, 3.8) is 0 Å². The number of aromatic nitrogens is 4. The Bertz CT molecular complexity index is 619. The molecule has 2 aromatic rings. The first-order valence-electron chi connectivity index (χ1n) is 7.20. The van der Waals surface area contributed by atoms with Gasteiger partial charge in [0.2, 0.25) is 5.88 Å². The fourth-order valence-corrected chi connectivity index (χ4v) is 2.13. The standard InChI is InChI=1S/C15H23N5O/c1-9(2)20-13(7-14(19-20)21-10(3)4)6-12-8-17-11(5)18-15(12)16/h7-10H,6H2,1-5H3,(H2,16,17,18). The van der Waals surface area contributed by atoms with Crippen LogP contribution in [0.5, 0.6) is 5.88 Å². The van der Waals surface area contributed by atoms with Gasteiger partial charge in [-0.3, -0.25) is 4.68 Å². The van der Waals surface area contributed by atoms with E-state index in [9.17, 15) is 0 Å². The molecule has 0 aliphatic carbocycles. The summed E-state index contributed by atoms with van der Waals surface area (Å²) in [7, 11) is 0. The summed E-state index contributed by atoms with van der Waals surface area (Å²) in [6.45, 7) is 9.97. The molecule has 0 saturated heterocycles. The lowest BCUT2D eigenvalue weighted by atomic mass is 10.1. The van der Waals surface area contributed by atoms with Gasteiger partial charge in [0.1, 0.15) is 11.6 Å². The molecule has 0 bridgehead atoms. The van der Waals surface area contributed by atoms with E-state index in [0.29, 0.717) is 23.9 Å². The second-order valence-electron chi connectivity index (χ2n) is 5.68. The van der Waals surface area contributed by atoms with Crippen molar-refractivity contribution < 1.29 is 4.74 Å². The zero-order chi connectivity index (χ0) is 15.6. The molecule has 0 radical (unpaired) electrons. The Balaban J connectivity index is 2.31. The van der Waals surface area contributed by atoms with E-state index in [4.69, 9.17) is 10.5 Å². The van der Waals surface area contributed by atoms with Crippen molar-refractivity contribution in [3.05, 3.63) is 29.3 Å². The Kier molecular flexibility index (Phi) is 4.45. The minimum absolute atomic E-state index is 0.0983. The SMILES string of the molecule is Cc1ncc(Cc2cc(OC(C)C)nn2C(C)C)c(N)n1. The van der Waals surface area contributed by atoms with Gasteiger partial charge in [-0.2, -0.15) is 0 Å². The number of rotatable bonds is 5. The largest absolute Gasteiger partial charge is 0.474 e. The summed E-state index contributed by atoms with van der Waals surface area (Å²) in [6.07, 6.45) is 2.51. The summed E-state index contributed by atoms with van der Waals surface area (Å²) in [5.41, 5.74) is 7.91. The maximum absolute atomic E-state index is 5.97. The summed E-state index contributed by atoms with van der Waals surface area (Å²) in [5.74, 6) is 1.84. The third kappa shape index (κ3) is 3.71. The summed E-state index contributed by atoms with van der Waals surface area (Å²) < 4.78 is 7.63. The third-order valence-electron chi connectivity index (χ3n) is 3.03. The fourth-order valence-electron chi connectivity index (χ4n) is 2.13. The molecule has 0 aliphatic heterocycles. The van der Waals surface area contributed by atoms with Crippen molar-refractivity contribution in [1.29, 1.82) is 0 Å². The number of nitrogens with zero attached hydrogens (tertiary/aromatic N) is 4. The minimum Gasteiger partial charge on any atom is -0.474 e. The Morgan fingerprint density at radius 2 is 2.00 bits per heavy atom. The summed E-state index contributed by atoms with van der Waals surface area (Å²) in [4.78, 5) is 8.42. The Hall–Kier alpha value is -2.11. The zero-order valence-electron chi connectivity index (χ0n) is 13.3. The van der Waals surface area contributed by atoms with Crippen molar-refractivity contribution in [2.45, 2.75) is 53.2 Å². The molecule has 0 fully saturated rings. The van der Waals surface area contributed by atoms with Gasteiger partial charge >= 0.3 is 0 Å². The molecular formula is C15H23N5O. The van der Waals surface area contributed by atoms with E-state index in [1.54, 1.807) is 6.20 Å². The molecule has 0 saturated carbocycles. The van der Waals surface area contributed by atoms with E-state index in [0.717, 1.165) is 11.3 Å². The lowest BCUT2D eigenvalue weighted by molar-refractivity contribution is 0.229. The zero-order valence-corrected chi connectivity index (χ0v) is 13.3. The van der Waals surface area contributed by atoms with E-state index in [1.165, 1.54) is 0 Å². The molecule has 6 nitrogen and oxygen atoms in total. The van der Waals surface area contributed by atoms with Crippen LogP contribution in [0.2, 0.25) is 0 Å². The third-order valence-corrected chi connectivity index (χ3v) is 3.03. The number of anilines is 1. The number of nitrogens with two attached hydrogens (primary N) is 1. The van der Waals surface area contributed by atoms with Crippen LogP contribution in [0.3, 0.4) is 0 Å². The second kappa shape index (κ2) is 6.11. The fraction of sp³-hybridized carbons (Fsp3) is 0.533. The predicted octanol–water partition coefficient (Wildman–Crippen LogP) is 2.52. The molecule has 21 heavy (non-hydrogen) atoms. The highest BCUT2D eigenvalue weighted by atomic mass is 16.5. The van der Waals surface area contributed by atoms with Crippen molar-refractivity contribution in [3.8, 4) is 5.88 Å². The highest BCUT2D eigenvalue weighted by molar-refractivity contribution is 5.40. The Labute approximate surface area is 125 Å². The van der Waals surface area contributed by atoms with Crippen molar-refractivity contribution in [2.24, 2.45) is 0 Å². The number of nitrogen functional groups attached to an aromatic ring is 1. The minimum atomic E-state index is 0.0983. The highest BCUT2D eigenvalue weighted by Crippen LogP contribution is 2.22. The predicted molar refractivity (Wildman–Crippen MR) is 82.4 cm³/mol. The molecule has 2 heterocycles. The first-order valence-corrected chi connectivity index (χ1v) is 7.20. The van der Waals surface area contributed by atoms with Crippen LogP contribution >= 0.6 is 0 Å². The van der Waals surface area contributed by atoms with Crippen LogP contribution in [0.15, 0.2) is 12.3 Å². The smallest absolute Gasteiger partial charge is 0.233 e. The summed E-state index contributed by atoms with van der Waals surface area (Å²) in [6, 6.07) is 2.20. The van der Waals surface area contributed by atoms with E-state index >= 15 is 0 Å². The average molecular weight is 289 g/mol. The first-order chi connectivity index (χ1) is 9.86. The quantitative estimate of drug-likeness (QED) is 0.915. The van der Waals surface area contributed by atoms with Crippen molar-refractivity contribution in [2.75, 3.05) is 5.73 Å². The Morgan fingerprint density at radius 3 is 2.57 bits per heavy atom. The first kappa shape index (κ1) is 15.3. The second-order valence-corrected chi connectivity index (χ2v) is 5.68. The normalized spacial score (nSPS) is 11.4. The maximum Gasteiger partial charge on any atom is 0.233 e. The molecule has 114 valence electrons. The lowest BCUT2D eigenvalue weighted by Gasteiger charge is -2.11. The number of hydrogen-bond donors (Lipinski definition) is 1. The molecule has 0 amide bonds. The maximum atomic E-state index is 5.97. The van der Waals surface area contributed by atoms with Gasteiger partial charge in [-0.05, 0) is 34.6 Å². The molecule has 0 unspecified atom stereocenters. The molecule has 2 rings (SSSR count). The van der Waals surface area contributed by atoms with Crippen LogP contribution in [-0.2, 0) is 6.42 Å². The van der Waals surface area contributed by atoms with Crippen LogP contribution in [-0.4, -0.2) is 25.9 Å². The van der Waals surface area contributed by atoms with Gasteiger partial charge in [0.25, 0.3) is 0 Å².